The quantitative estimate of drug-likeness (QED) is 0.512. The van der Waals surface area contributed by atoms with E-state index in [9.17, 15) is 9.90 Å². The number of aromatic nitrogens is 2. The standard InChI is InChI=1S/C26H30N6O2.ClH/c27-24-22(18-21(29-30-24)20-8-4-5-9-23(20)33)31-14-10-26(11-15-31,19-6-2-1-3-7-19)25(34)32-16-12-28-13-17-32;/h1-9,18,28,33H,10-17H2,(H2,27,30);1H. The predicted octanol–water partition coefficient (Wildman–Crippen LogP) is 2.82. The number of phenolic OH excluding ortho intramolecular Hbond substituents is 1. The highest BCUT2D eigenvalue weighted by molar-refractivity contribution is 5.89. The fourth-order valence-corrected chi connectivity index (χ4v) is 5.15. The third-order valence-corrected chi connectivity index (χ3v) is 7.08. The van der Waals surface area contributed by atoms with Gasteiger partial charge in [-0.2, -0.15) is 0 Å². The third kappa shape index (κ3) is 4.76. The van der Waals surface area contributed by atoms with Crippen LogP contribution in [0.25, 0.3) is 11.3 Å². The number of nitrogens with two attached hydrogens (primary N) is 1. The Labute approximate surface area is 211 Å². The molecule has 0 aliphatic carbocycles. The van der Waals surface area contributed by atoms with Crippen LogP contribution in [0.4, 0.5) is 11.5 Å². The number of aromatic hydroxyl groups is 1. The fraction of sp³-hybridized carbons (Fsp3) is 0.346. The Morgan fingerprint density at radius 1 is 0.943 bits per heavy atom. The van der Waals surface area contributed by atoms with E-state index in [1.807, 2.05) is 41.3 Å². The molecule has 0 radical (unpaired) electrons. The highest BCUT2D eigenvalue weighted by Crippen LogP contribution is 2.40. The lowest BCUT2D eigenvalue weighted by atomic mass is 9.71. The fourth-order valence-electron chi connectivity index (χ4n) is 5.15. The first-order chi connectivity index (χ1) is 16.6. The van der Waals surface area contributed by atoms with Gasteiger partial charge in [0.25, 0.3) is 0 Å². The second-order valence-corrected chi connectivity index (χ2v) is 8.99. The highest BCUT2D eigenvalue weighted by Gasteiger charge is 2.45. The Morgan fingerprint density at radius 3 is 2.29 bits per heavy atom. The molecule has 0 unspecified atom stereocenters. The molecule has 0 spiro atoms. The molecule has 1 aromatic heterocycles. The number of para-hydroxylation sites is 1. The molecule has 3 heterocycles. The number of amides is 1. The molecule has 2 aliphatic heterocycles. The largest absolute Gasteiger partial charge is 0.507 e. The van der Waals surface area contributed by atoms with Crippen LogP contribution in [-0.2, 0) is 10.2 Å². The average Bonchev–Trinajstić information content (AvgIpc) is 2.90. The molecule has 4 N–H and O–H groups in total. The topological polar surface area (TPSA) is 108 Å². The SMILES string of the molecule is Cl.Nc1nnc(-c2ccccc2O)cc1N1CCC(C(=O)N2CCNCC2)(c2ccccc2)CC1. The van der Waals surface area contributed by atoms with Gasteiger partial charge in [0.05, 0.1) is 16.8 Å². The van der Waals surface area contributed by atoms with E-state index in [-0.39, 0.29) is 24.1 Å². The Morgan fingerprint density at radius 2 is 1.60 bits per heavy atom. The van der Waals surface area contributed by atoms with E-state index in [0.29, 0.717) is 43.0 Å². The van der Waals surface area contributed by atoms with Crippen molar-refractivity contribution in [3.63, 3.8) is 0 Å². The molecule has 184 valence electrons. The Hall–Kier alpha value is -3.36. The van der Waals surface area contributed by atoms with Gasteiger partial charge in [-0.15, -0.1) is 22.6 Å². The zero-order valence-corrected chi connectivity index (χ0v) is 20.4. The number of nitrogens with zero attached hydrogens (tertiary/aromatic N) is 4. The molecule has 8 nitrogen and oxygen atoms in total. The van der Waals surface area contributed by atoms with Crippen LogP contribution < -0.4 is 16.0 Å². The maximum atomic E-state index is 13.9. The summed E-state index contributed by atoms with van der Waals surface area (Å²) in [5.74, 6) is 0.714. The number of phenols is 1. The number of anilines is 2. The summed E-state index contributed by atoms with van der Waals surface area (Å²) in [5.41, 5.74) is 8.72. The summed E-state index contributed by atoms with van der Waals surface area (Å²) in [7, 11) is 0. The van der Waals surface area contributed by atoms with Crippen molar-refractivity contribution in [2.45, 2.75) is 18.3 Å². The molecule has 1 amide bonds. The molecule has 5 rings (SSSR count). The molecule has 2 aromatic carbocycles. The summed E-state index contributed by atoms with van der Waals surface area (Å²) in [6.07, 6.45) is 1.38. The predicted molar refractivity (Wildman–Crippen MR) is 140 cm³/mol. The van der Waals surface area contributed by atoms with E-state index in [0.717, 1.165) is 37.4 Å². The number of carbonyl (C=O) groups excluding carboxylic acids is 1. The van der Waals surface area contributed by atoms with Gasteiger partial charge >= 0.3 is 0 Å². The molecule has 2 fully saturated rings. The van der Waals surface area contributed by atoms with Crippen LogP contribution in [0.2, 0.25) is 0 Å². The van der Waals surface area contributed by atoms with Gasteiger partial charge in [0.1, 0.15) is 5.75 Å². The summed E-state index contributed by atoms with van der Waals surface area (Å²) in [4.78, 5) is 18.1. The molecule has 0 saturated carbocycles. The average molecular weight is 495 g/mol. The van der Waals surface area contributed by atoms with Crippen molar-refractivity contribution >= 4 is 29.8 Å². The van der Waals surface area contributed by atoms with Crippen LogP contribution in [0.15, 0.2) is 60.7 Å². The number of carbonyl (C=O) groups is 1. The molecular weight excluding hydrogens is 464 g/mol. The first kappa shape index (κ1) is 24.8. The molecule has 2 aliphatic rings. The summed E-state index contributed by atoms with van der Waals surface area (Å²) in [6, 6.07) is 19.1. The Bertz CT molecular complexity index is 1160. The number of nitrogens with one attached hydrogen (secondary N) is 1. The van der Waals surface area contributed by atoms with Gasteiger partial charge in [0.15, 0.2) is 5.82 Å². The summed E-state index contributed by atoms with van der Waals surface area (Å²) >= 11 is 0. The number of piperidine rings is 1. The van der Waals surface area contributed by atoms with Gasteiger partial charge in [-0.3, -0.25) is 4.79 Å². The minimum atomic E-state index is -0.551. The van der Waals surface area contributed by atoms with Crippen molar-refractivity contribution < 1.29 is 9.90 Å². The van der Waals surface area contributed by atoms with Crippen LogP contribution in [0.1, 0.15) is 18.4 Å². The van der Waals surface area contributed by atoms with E-state index in [4.69, 9.17) is 5.73 Å². The first-order valence-corrected chi connectivity index (χ1v) is 11.8. The van der Waals surface area contributed by atoms with E-state index in [2.05, 4.69) is 32.5 Å². The maximum Gasteiger partial charge on any atom is 0.233 e. The molecule has 3 aromatic rings. The molecule has 9 heteroatoms. The van der Waals surface area contributed by atoms with Gasteiger partial charge in [-0.05, 0) is 36.6 Å². The number of piperazine rings is 1. The molecular formula is C26H31ClN6O2. The highest BCUT2D eigenvalue weighted by atomic mass is 35.5. The minimum Gasteiger partial charge on any atom is -0.507 e. The Kier molecular flexibility index (Phi) is 7.42. The third-order valence-electron chi connectivity index (χ3n) is 7.08. The van der Waals surface area contributed by atoms with Gasteiger partial charge in [-0.1, -0.05) is 42.5 Å². The Balaban J connectivity index is 0.00000289. The summed E-state index contributed by atoms with van der Waals surface area (Å²) in [6.45, 7) is 4.48. The van der Waals surface area contributed by atoms with Crippen LogP contribution in [0.5, 0.6) is 5.75 Å². The number of hydrogen-bond acceptors (Lipinski definition) is 7. The molecule has 0 atom stereocenters. The minimum absolute atomic E-state index is 0. The van der Waals surface area contributed by atoms with Gasteiger partial charge in [-0.25, -0.2) is 0 Å². The lowest BCUT2D eigenvalue weighted by molar-refractivity contribution is -0.139. The van der Waals surface area contributed by atoms with Crippen molar-refractivity contribution in [2.75, 3.05) is 49.9 Å². The summed E-state index contributed by atoms with van der Waals surface area (Å²) in [5, 5.41) is 22.0. The van der Waals surface area contributed by atoms with E-state index >= 15 is 0 Å². The van der Waals surface area contributed by atoms with Crippen LogP contribution >= 0.6 is 12.4 Å². The zero-order valence-electron chi connectivity index (χ0n) is 19.6. The number of rotatable bonds is 4. The number of halogens is 1. The lowest BCUT2D eigenvalue weighted by Gasteiger charge is -2.45. The van der Waals surface area contributed by atoms with Crippen LogP contribution in [0.3, 0.4) is 0 Å². The summed E-state index contributed by atoms with van der Waals surface area (Å²) < 4.78 is 0. The second kappa shape index (κ2) is 10.5. The molecule has 2 saturated heterocycles. The number of benzene rings is 2. The van der Waals surface area contributed by atoms with Gasteiger partial charge < -0.3 is 26.0 Å². The lowest BCUT2D eigenvalue weighted by Crippen LogP contribution is -2.57. The molecule has 35 heavy (non-hydrogen) atoms. The second-order valence-electron chi connectivity index (χ2n) is 8.99. The normalized spacial score (nSPS) is 17.5. The number of nitrogen functional groups attached to an aromatic ring is 1. The zero-order chi connectivity index (χ0) is 23.5. The van der Waals surface area contributed by atoms with E-state index in [1.54, 1.807) is 12.1 Å². The smallest absolute Gasteiger partial charge is 0.233 e. The van der Waals surface area contributed by atoms with Crippen molar-refractivity contribution in [1.82, 2.24) is 20.4 Å². The molecule has 0 bridgehead atoms. The maximum absolute atomic E-state index is 13.9. The van der Waals surface area contributed by atoms with E-state index < -0.39 is 5.41 Å². The van der Waals surface area contributed by atoms with Crippen molar-refractivity contribution in [1.29, 1.82) is 0 Å². The van der Waals surface area contributed by atoms with E-state index in [1.165, 1.54) is 0 Å². The monoisotopic (exact) mass is 494 g/mol. The van der Waals surface area contributed by atoms with Crippen molar-refractivity contribution in [3.8, 4) is 17.0 Å². The van der Waals surface area contributed by atoms with Crippen LogP contribution in [-0.4, -0.2) is 65.4 Å². The van der Waals surface area contributed by atoms with Gasteiger partial charge in [0.2, 0.25) is 5.91 Å². The number of hydrogen-bond donors (Lipinski definition) is 3. The van der Waals surface area contributed by atoms with Crippen molar-refractivity contribution in [3.05, 3.63) is 66.2 Å². The van der Waals surface area contributed by atoms with Crippen molar-refractivity contribution in [2.24, 2.45) is 0 Å². The van der Waals surface area contributed by atoms with Gasteiger partial charge in [0, 0.05) is 44.8 Å². The first-order valence-electron chi connectivity index (χ1n) is 11.8. The van der Waals surface area contributed by atoms with Crippen LogP contribution in [0, 0.1) is 0 Å².